The van der Waals surface area contributed by atoms with Gasteiger partial charge in [0.05, 0.1) is 38.6 Å². The van der Waals surface area contributed by atoms with Gasteiger partial charge in [-0.25, -0.2) is 0 Å². The van der Waals surface area contributed by atoms with E-state index in [1.54, 1.807) is 0 Å². The van der Waals surface area contributed by atoms with Gasteiger partial charge in [-0.1, -0.05) is 0 Å². The molecule has 8 heteroatoms. The second kappa shape index (κ2) is 7.30. The van der Waals surface area contributed by atoms with Crippen molar-refractivity contribution in [3.63, 3.8) is 0 Å². The van der Waals surface area contributed by atoms with Crippen molar-refractivity contribution in [2.45, 2.75) is 0 Å². The summed E-state index contributed by atoms with van der Waals surface area (Å²) in [5, 5.41) is 13.3. The smallest absolute Gasteiger partial charge is 0.231 e. The molecule has 0 spiro atoms. The minimum atomic E-state index is 0.282. The highest BCUT2D eigenvalue weighted by Gasteiger charge is 2.15. The summed E-state index contributed by atoms with van der Waals surface area (Å²) < 4.78 is 21.5. The van der Waals surface area contributed by atoms with Crippen molar-refractivity contribution in [1.29, 1.82) is 0 Å². The van der Waals surface area contributed by atoms with Crippen molar-refractivity contribution in [1.82, 2.24) is 10.0 Å². The quantitative estimate of drug-likeness (QED) is 0.757. The van der Waals surface area contributed by atoms with Crippen molar-refractivity contribution in [2.24, 2.45) is 10.2 Å². The molecule has 144 valence electrons. The largest absolute Gasteiger partial charge is 0.454 e. The molecule has 2 aromatic rings. The predicted molar refractivity (Wildman–Crippen MR) is 103 cm³/mol. The molecule has 0 unspecified atom stereocenters. The van der Waals surface area contributed by atoms with Crippen LogP contribution in [-0.2, 0) is 0 Å². The molecule has 0 atom stereocenters. The van der Waals surface area contributed by atoms with Gasteiger partial charge in [-0.2, -0.15) is 10.2 Å². The zero-order valence-corrected chi connectivity index (χ0v) is 15.3. The van der Waals surface area contributed by atoms with Gasteiger partial charge in [0, 0.05) is 0 Å². The van der Waals surface area contributed by atoms with Crippen LogP contribution in [0.1, 0.15) is 11.1 Å². The van der Waals surface area contributed by atoms with E-state index in [0.717, 1.165) is 60.3 Å². The molecule has 3 heterocycles. The normalized spacial score (nSPS) is 17.9. The molecule has 0 radical (unpaired) electrons. The maximum absolute atomic E-state index is 5.40. The summed E-state index contributed by atoms with van der Waals surface area (Å²) in [6, 6.07) is 11.7. The zero-order chi connectivity index (χ0) is 18.8. The van der Waals surface area contributed by atoms with Gasteiger partial charge in [-0.05, 0) is 47.5 Å². The Morgan fingerprint density at radius 1 is 0.607 bits per heavy atom. The summed E-state index contributed by atoms with van der Waals surface area (Å²) in [6.07, 6.45) is 3.71. The Labute approximate surface area is 162 Å². The first-order chi connectivity index (χ1) is 13.8. The molecule has 28 heavy (non-hydrogen) atoms. The lowest BCUT2D eigenvalue weighted by Gasteiger charge is -2.31. The first kappa shape index (κ1) is 16.7. The van der Waals surface area contributed by atoms with Crippen LogP contribution in [0, 0.1) is 0 Å². The van der Waals surface area contributed by atoms with Crippen molar-refractivity contribution < 1.29 is 18.9 Å². The van der Waals surface area contributed by atoms with Crippen molar-refractivity contribution >= 4 is 12.4 Å². The second-order valence-corrected chi connectivity index (χ2v) is 6.62. The molecular weight excluding hydrogens is 360 g/mol. The Kier molecular flexibility index (Phi) is 4.36. The van der Waals surface area contributed by atoms with Crippen LogP contribution in [0.2, 0.25) is 0 Å². The number of hydrogen-bond acceptors (Lipinski definition) is 8. The molecule has 0 bridgehead atoms. The topological polar surface area (TPSA) is 68.1 Å². The first-order valence-corrected chi connectivity index (χ1v) is 9.21. The van der Waals surface area contributed by atoms with Crippen molar-refractivity contribution in [3.8, 4) is 23.0 Å². The number of ether oxygens (including phenoxy) is 4. The number of piperazine rings is 1. The molecular formula is C20H20N4O4. The average Bonchev–Trinajstić information content (AvgIpc) is 3.39. The second-order valence-electron chi connectivity index (χ2n) is 6.62. The molecule has 0 aromatic heterocycles. The summed E-state index contributed by atoms with van der Waals surface area (Å²) in [6.45, 7) is 3.84. The molecule has 1 fully saturated rings. The van der Waals surface area contributed by atoms with Gasteiger partial charge in [0.15, 0.2) is 23.0 Å². The van der Waals surface area contributed by atoms with Crippen molar-refractivity contribution in [3.05, 3.63) is 47.5 Å². The summed E-state index contributed by atoms with van der Waals surface area (Å²) in [4.78, 5) is 0. The van der Waals surface area contributed by atoms with Crippen LogP contribution in [0.3, 0.4) is 0 Å². The van der Waals surface area contributed by atoms with Crippen LogP contribution >= 0.6 is 0 Å². The lowest BCUT2D eigenvalue weighted by Crippen LogP contribution is -2.41. The Morgan fingerprint density at radius 2 is 1.04 bits per heavy atom. The number of hydrogen-bond donors (Lipinski definition) is 0. The van der Waals surface area contributed by atoms with E-state index >= 15 is 0 Å². The van der Waals surface area contributed by atoms with Gasteiger partial charge in [0.25, 0.3) is 0 Å². The summed E-state index contributed by atoms with van der Waals surface area (Å²) in [7, 11) is 0. The molecule has 5 rings (SSSR count). The maximum atomic E-state index is 5.40. The van der Waals surface area contributed by atoms with Gasteiger partial charge in [0.2, 0.25) is 13.6 Å². The lowest BCUT2D eigenvalue weighted by molar-refractivity contribution is 0.141. The number of hydrazone groups is 2. The Bertz CT molecular complexity index is 847. The highest BCUT2D eigenvalue weighted by molar-refractivity contribution is 5.81. The van der Waals surface area contributed by atoms with Gasteiger partial charge < -0.3 is 18.9 Å². The van der Waals surface area contributed by atoms with E-state index in [2.05, 4.69) is 20.2 Å². The molecule has 0 amide bonds. The molecule has 3 aliphatic heterocycles. The monoisotopic (exact) mass is 380 g/mol. The molecule has 1 saturated heterocycles. The number of rotatable bonds is 4. The van der Waals surface area contributed by atoms with Gasteiger partial charge in [-0.15, -0.1) is 0 Å². The van der Waals surface area contributed by atoms with Crippen LogP contribution in [0.15, 0.2) is 46.6 Å². The summed E-state index contributed by atoms with van der Waals surface area (Å²) in [5.74, 6) is 3.11. The highest BCUT2D eigenvalue weighted by Crippen LogP contribution is 2.32. The van der Waals surface area contributed by atoms with Crippen LogP contribution in [0.25, 0.3) is 0 Å². The fourth-order valence-corrected chi connectivity index (χ4v) is 3.20. The van der Waals surface area contributed by atoms with E-state index < -0.39 is 0 Å². The van der Waals surface area contributed by atoms with E-state index in [0.29, 0.717) is 0 Å². The van der Waals surface area contributed by atoms with Crippen LogP contribution in [0.5, 0.6) is 23.0 Å². The van der Waals surface area contributed by atoms with E-state index in [-0.39, 0.29) is 13.6 Å². The molecule has 8 nitrogen and oxygen atoms in total. The Balaban J connectivity index is 1.14. The Morgan fingerprint density at radius 3 is 1.50 bits per heavy atom. The third kappa shape index (κ3) is 3.53. The predicted octanol–water partition coefficient (Wildman–Crippen LogP) is 2.13. The zero-order valence-electron chi connectivity index (χ0n) is 15.3. The van der Waals surface area contributed by atoms with E-state index in [9.17, 15) is 0 Å². The number of fused-ring (bicyclic) bond motifs is 2. The minimum absolute atomic E-state index is 0.282. The van der Waals surface area contributed by atoms with Crippen molar-refractivity contribution in [2.75, 3.05) is 39.8 Å². The van der Waals surface area contributed by atoms with Crippen LogP contribution < -0.4 is 18.9 Å². The third-order valence-electron chi connectivity index (χ3n) is 4.77. The Hall–Kier alpha value is -3.42. The van der Waals surface area contributed by atoms with E-state index in [1.807, 2.05) is 48.8 Å². The summed E-state index contributed by atoms with van der Waals surface area (Å²) in [5.41, 5.74) is 1.99. The minimum Gasteiger partial charge on any atom is -0.454 e. The number of nitrogens with zero attached hydrogens (tertiary/aromatic N) is 4. The van der Waals surface area contributed by atoms with Crippen LogP contribution in [-0.4, -0.2) is 62.2 Å². The molecule has 0 N–H and O–H groups in total. The molecule has 0 aliphatic carbocycles. The van der Waals surface area contributed by atoms with E-state index in [1.165, 1.54) is 0 Å². The van der Waals surface area contributed by atoms with Gasteiger partial charge in [-0.3, -0.25) is 10.0 Å². The van der Waals surface area contributed by atoms with E-state index in [4.69, 9.17) is 18.9 Å². The highest BCUT2D eigenvalue weighted by atomic mass is 16.7. The molecule has 2 aromatic carbocycles. The molecule has 0 saturated carbocycles. The van der Waals surface area contributed by atoms with Crippen LogP contribution in [0.4, 0.5) is 0 Å². The fraction of sp³-hybridized carbons (Fsp3) is 0.300. The maximum Gasteiger partial charge on any atom is 0.231 e. The van der Waals surface area contributed by atoms with Gasteiger partial charge >= 0.3 is 0 Å². The summed E-state index contributed by atoms with van der Waals surface area (Å²) >= 11 is 0. The average molecular weight is 380 g/mol. The third-order valence-corrected chi connectivity index (χ3v) is 4.77. The SMILES string of the molecule is C(=N/N1CCN(/N=C\c2ccc3c(c2)OCO3)CC1)/c1ccc2c(c1)OCO2. The lowest BCUT2D eigenvalue weighted by atomic mass is 10.2. The molecule has 3 aliphatic rings. The number of benzene rings is 2. The van der Waals surface area contributed by atoms with Gasteiger partial charge in [0.1, 0.15) is 0 Å². The standard InChI is InChI=1S/C20H20N4O4/c1-3-17-19(27-13-25-17)9-15(1)11-21-23-5-7-24(8-6-23)22-12-16-2-4-18-20(10-16)28-14-26-18/h1-4,9-12H,5-8,13-14H2/b21-11-,22-12-. The first-order valence-electron chi connectivity index (χ1n) is 9.21. The fourth-order valence-electron chi connectivity index (χ4n) is 3.20.